The molecule has 0 aliphatic rings. The molecule has 0 amide bonds. The topological polar surface area (TPSA) is 76.5 Å². The zero-order valence-electron chi connectivity index (χ0n) is 12.8. The average molecular weight is 338 g/mol. The van der Waals surface area contributed by atoms with Crippen LogP contribution < -0.4 is 5.56 Å². The van der Waals surface area contributed by atoms with Crippen LogP contribution in [-0.2, 0) is 13.1 Å². The van der Waals surface area contributed by atoms with Gasteiger partial charge in [-0.25, -0.2) is 4.98 Å². The summed E-state index contributed by atoms with van der Waals surface area (Å²) in [5.74, 6) is 5.67. The predicted molar refractivity (Wildman–Crippen MR) is 90.5 cm³/mol. The second-order valence-electron chi connectivity index (χ2n) is 5.01. The highest BCUT2D eigenvalue weighted by atomic mass is 35.5. The van der Waals surface area contributed by atoms with E-state index in [2.05, 4.69) is 27.9 Å². The zero-order valence-corrected chi connectivity index (χ0v) is 13.6. The number of nitriles is 1. The minimum atomic E-state index is -0.312. The number of benzene rings is 1. The van der Waals surface area contributed by atoms with Crippen molar-refractivity contribution in [1.82, 2.24) is 19.1 Å². The van der Waals surface area contributed by atoms with Gasteiger partial charge in [-0.3, -0.25) is 9.36 Å². The first kappa shape index (κ1) is 15.8. The fraction of sp³-hybridized carbons (Fsp3) is 0.176. The van der Waals surface area contributed by atoms with Gasteiger partial charge in [-0.15, -0.1) is 5.92 Å². The van der Waals surface area contributed by atoms with Crippen LogP contribution in [0.2, 0.25) is 5.28 Å². The van der Waals surface area contributed by atoms with Crippen LogP contribution in [0.4, 0.5) is 0 Å². The van der Waals surface area contributed by atoms with Gasteiger partial charge in [-0.1, -0.05) is 24.1 Å². The standard InChI is InChI=1S/C17H12ClN5O/c1-2-3-8-22-11-20-15-14(22)16(24)23(17(18)21-15)10-13-7-5-4-6-12(13)9-19/h4-7,11H,8,10H2,1H3. The highest BCUT2D eigenvalue weighted by Gasteiger charge is 2.15. The van der Waals surface area contributed by atoms with Gasteiger partial charge in [-0.2, -0.15) is 10.2 Å². The molecule has 0 atom stereocenters. The van der Waals surface area contributed by atoms with Crippen LogP contribution in [0.25, 0.3) is 11.2 Å². The summed E-state index contributed by atoms with van der Waals surface area (Å²) in [6.07, 6.45) is 1.52. The van der Waals surface area contributed by atoms with Gasteiger partial charge in [0.25, 0.3) is 5.56 Å². The van der Waals surface area contributed by atoms with Gasteiger partial charge >= 0.3 is 0 Å². The number of imidazole rings is 1. The Labute approximate surface area is 143 Å². The molecule has 0 saturated carbocycles. The Morgan fingerprint density at radius 2 is 2.12 bits per heavy atom. The molecule has 0 aliphatic heterocycles. The summed E-state index contributed by atoms with van der Waals surface area (Å²) in [4.78, 5) is 21.1. The van der Waals surface area contributed by atoms with Crippen LogP contribution in [0.15, 0.2) is 35.4 Å². The SMILES string of the molecule is CC#CCn1cnc2nc(Cl)n(Cc3ccccc3C#N)c(=O)c21. The molecule has 0 saturated heterocycles. The Morgan fingerprint density at radius 3 is 2.88 bits per heavy atom. The monoisotopic (exact) mass is 337 g/mol. The van der Waals surface area contributed by atoms with E-state index < -0.39 is 0 Å². The van der Waals surface area contributed by atoms with Crippen LogP contribution >= 0.6 is 11.6 Å². The van der Waals surface area contributed by atoms with Crippen molar-refractivity contribution in [3.8, 4) is 17.9 Å². The van der Waals surface area contributed by atoms with Gasteiger partial charge in [0.1, 0.15) is 0 Å². The Bertz CT molecular complexity index is 1080. The van der Waals surface area contributed by atoms with Crippen LogP contribution in [0.1, 0.15) is 18.1 Å². The van der Waals surface area contributed by atoms with Crippen molar-refractivity contribution in [3.63, 3.8) is 0 Å². The van der Waals surface area contributed by atoms with Crippen LogP contribution in [0, 0.1) is 23.2 Å². The quantitative estimate of drug-likeness (QED) is 0.542. The molecule has 7 heteroatoms. The molecule has 0 unspecified atom stereocenters. The number of hydrogen-bond donors (Lipinski definition) is 0. The first-order chi connectivity index (χ1) is 11.7. The maximum absolute atomic E-state index is 12.8. The molecule has 0 fully saturated rings. The lowest BCUT2D eigenvalue weighted by Crippen LogP contribution is -2.24. The van der Waals surface area contributed by atoms with Crippen LogP contribution in [0.3, 0.4) is 0 Å². The minimum Gasteiger partial charge on any atom is -0.313 e. The smallest absolute Gasteiger partial charge is 0.281 e. The van der Waals surface area contributed by atoms with Crippen molar-refractivity contribution in [2.45, 2.75) is 20.0 Å². The lowest BCUT2D eigenvalue weighted by molar-refractivity contribution is 0.738. The summed E-state index contributed by atoms with van der Waals surface area (Å²) in [7, 11) is 0. The lowest BCUT2D eigenvalue weighted by Gasteiger charge is -2.09. The van der Waals surface area contributed by atoms with Crippen molar-refractivity contribution in [1.29, 1.82) is 5.26 Å². The lowest BCUT2D eigenvalue weighted by atomic mass is 10.1. The summed E-state index contributed by atoms with van der Waals surface area (Å²) < 4.78 is 2.97. The molecule has 24 heavy (non-hydrogen) atoms. The summed E-state index contributed by atoms with van der Waals surface area (Å²) >= 11 is 6.16. The molecule has 6 nitrogen and oxygen atoms in total. The van der Waals surface area contributed by atoms with Crippen molar-refractivity contribution in [2.24, 2.45) is 0 Å². The molecule has 1 aromatic carbocycles. The third-order valence-electron chi connectivity index (χ3n) is 3.58. The predicted octanol–water partition coefficient (Wildman–Crippen LogP) is 2.19. The normalized spacial score (nSPS) is 10.2. The zero-order chi connectivity index (χ0) is 17.1. The molecule has 0 spiro atoms. The highest BCUT2D eigenvalue weighted by molar-refractivity contribution is 6.28. The van der Waals surface area contributed by atoms with Crippen molar-refractivity contribution < 1.29 is 0 Å². The molecule has 118 valence electrons. The third-order valence-corrected chi connectivity index (χ3v) is 3.87. The maximum Gasteiger partial charge on any atom is 0.281 e. The summed E-state index contributed by atoms with van der Waals surface area (Å²) in [6, 6.07) is 9.17. The van der Waals surface area contributed by atoms with Gasteiger partial charge in [0.15, 0.2) is 11.2 Å². The average Bonchev–Trinajstić information content (AvgIpc) is 2.99. The molecular weight excluding hydrogens is 326 g/mol. The number of aromatic nitrogens is 4. The fourth-order valence-electron chi connectivity index (χ4n) is 2.39. The molecule has 2 heterocycles. The highest BCUT2D eigenvalue weighted by Crippen LogP contribution is 2.14. The van der Waals surface area contributed by atoms with E-state index in [1.807, 2.05) is 6.07 Å². The Morgan fingerprint density at radius 1 is 1.33 bits per heavy atom. The second-order valence-corrected chi connectivity index (χ2v) is 5.35. The molecule has 2 aromatic heterocycles. The van der Waals surface area contributed by atoms with E-state index in [1.165, 1.54) is 10.9 Å². The first-order valence-electron chi connectivity index (χ1n) is 7.14. The molecule has 0 bridgehead atoms. The number of fused-ring (bicyclic) bond motifs is 1. The summed E-state index contributed by atoms with van der Waals surface area (Å²) in [6.45, 7) is 2.24. The van der Waals surface area contributed by atoms with Gasteiger partial charge < -0.3 is 4.57 Å². The Kier molecular flexibility index (Phi) is 4.33. The van der Waals surface area contributed by atoms with Crippen LogP contribution in [-0.4, -0.2) is 19.1 Å². The number of halogens is 1. The van der Waals surface area contributed by atoms with E-state index in [9.17, 15) is 10.1 Å². The molecule has 3 aromatic rings. The van der Waals surface area contributed by atoms with Crippen molar-refractivity contribution in [3.05, 3.63) is 57.4 Å². The largest absolute Gasteiger partial charge is 0.313 e. The van der Waals surface area contributed by atoms with E-state index >= 15 is 0 Å². The molecule has 3 rings (SSSR count). The van der Waals surface area contributed by atoms with E-state index in [0.29, 0.717) is 23.2 Å². The van der Waals surface area contributed by atoms with E-state index in [4.69, 9.17) is 11.6 Å². The molecule has 0 radical (unpaired) electrons. The van der Waals surface area contributed by atoms with Gasteiger partial charge in [0, 0.05) is 0 Å². The number of hydrogen-bond acceptors (Lipinski definition) is 4. The molecule has 0 N–H and O–H groups in total. The maximum atomic E-state index is 12.8. The minimum absolute atomic E-state index is 0.0343. The van der Waals surface area contributed by atoms with Gasteiger partial charge in [-0.05, 0) is 30.2 Å². The van der Waals surface area contributed by atoms with E-state index in [0.717, 1.165) is 0 Å². The van der Waals surface area contributed by atoms with Crippen LogP contribution in [0.5, 0.6) is 0 Å². The van der Waals surface area contributed by atoms with Crippen molar-refractivity contribution >= 4 is 22.8 Å². The molecule has 0 aliphatic carbocycles. The van der Waals surface area contributed by atoms with Gasteiger partial charge in [0.2, 0.25) is 5.28 Å². The molecular formula is C17H12ClN5O. The fourth-order valence-corrected chi connectivity index (χ4v) is 2.61. The summed E-state index contributed by atoms with van der Waals surface area (Å²) in [5.41, 5.74) is 1.51. The third kappa shape index (κ3) is 2.76. The Hall–Kier alpha value is -3.09. The summed E-state index contributed by atoms with van der Waals surface area (Å²) in [5, 5.41) is 9.23. The van der Waals surface area contributed by atoms with Gasteiger partial charge in [0.05, 0.1) is 31.0 Å². The Balaban J connectivity index is 2.15. The first-order valence-corrected chi connectivity index (χ1v) is 7.52. The second kappa shape index (κ2) is 6.57. The van der Waals surface area contributed by atoms with E-state index in [1.54, 1.807) is 29.7 Å². The number of rotatable bonds is 3. The van der Waals surface area contributed by atoms with Crippen molar-refractivity contribution in [2.75, 3.05) is 0 Å². The van der Waals surface area contributed by atoms with E-state index in [-0.39, 0.29) is 23.0 Å². The number of nitrogens with zero attached hydrogens (tertiary/aromatic N) is 5.